The first-order valence-corrected chi connectivity index (χ1v) is 6.11. The molecular weight excluding hydrogens is 216 g/mol. The lowest BCUT2D eigenvalue weighted by Crippen LogP contribution is -2.39. The largest absolute Gasteiger partial charge is 0.478 e. The minimum atomic E-state index is -0.847. The van der Waals surface area contributed by atoms with Gasteiger partial charge in [-0.25, -0.2) is 4.79 Å². The van der Waals surface area contributed by atoms with Gasteiger partial charge in [-0.1, -0.05) is 19.9 Å². The van der Waals surface area contributed by atoms with Crippen molar-refractivity contribution >= 4 is 5.97 Å². The average Bonchev–Trinajstić information content (AvgIpc) is 2.14. The number of rotatable bonds is 8. The Hall–Kier alpha value is -0.870. The zero-order valence-electron chi connectivity index (χ0n) is 11.7. The molecule has 0 aliphatic heterocycles. The number of carbonyl (C=O) groups is 1. The summed E-state index contributed by atoms with van der Waals surface area (Å²) in [6.45, 7) is 7.60. The third-order valence-electron chi connectivity index (χ3n) is 2.49. The van der Waals surface area contributed by atoms with Crippen LogP contribution in [0.15, 0.2) is 11.6 Å². The molecule has 0 rings (SSSR count). The summed E-state index contributed by atoms with van der Waals surface area (Å²) < 4.78 is 0. The van der Waals surface area contributed by atoms with Crippen molar-refractivity contribution in [3.8, 4) is 0 Å². The minimum Gasteiger partial charge on any atom is -0.478 e. The second-order valence-electron chi connectivity index (χ2n) is 5.19. The minimum absolute atomic E-state index is 0.394. The van der Waals surface area contributed by atoms with Crippen LogP contribution in [0.3, 0.4) is 0 Å². The molecule has 4 heteroatoms. The van der Waals surface area contributed by atoms with Gasteiger partial charge in [0.15, 0.2) is 0 Å². The summed E-state index contributed by atoms with van der Waals surface area (Å²) in [5, 5.41) is 12.1. The number of hydrogen-bond acceptors (Lipinski definition) is 3. The predicted molar refractivity (Wildman–Crippen MR) is 71.2 cm³/mol. The average molecular weight is 242 g/mol. The van der Waals surface area contributed by atoms with Crippen molar-refractivity contribution < 1.29 is 9.90 Å². The molecule has 0 aliphatic rings. The molecule has 0 aromatic heterocycles. The Morgan fingerprint density at radius 2 is 2.00 bits per heavy atom. The maximum Gasteiger partial charge on any atom is 0.330 e. The van der Waals surface area contributed by atoms with Crippen LogP contribution in [0.2, 0.25) is 0 Å². The number of hydrogen-bond donors (Lipinski definition) is 2. The maximum absolute atomic E-state index is 10.6. The summed E-state index contributed by atoms with van der Waals surface area (Å²) in [5.74, 6) is -0.211. The third-order valence-corrected chi connectivity index (χ3v) is 2.49. The van der Waals surface area contributed by atoms with E-state index < -0.39 is 5.97 Å². The SMILES string of the molecule is C/C(=C/CNC(CC(C)C)CN(C)C)C(=O)O. The van der Waals surface area contributed by atoms with Crippen molar-refractivity contribution in [2.75, 3.05) is 27.2 Å². The predicted octanol–water partition coefficient (Wildman–Crippen LogP) is 1.58. The highest BCUT2D eigenvalue weighted by Crippen LogP contribution is 2.05. The van der Waals surface area contributed by atoms with Crippen LogP contribution in [0.25, 0.3) is 0 Å². The number of carboxylic acid groups (broad SMARTS) is 1. The van der Waals surface area contributed by atoms with Gasteiger partial charge in [0.2, 0.25) is 0 Å². The molecule has 0 saturated heterocycles. The molecule has 0 spiro atoms. The Morgan fingerprint density at radius 1 is 1.41 bits per heavy atom. The van der Waals surface area contributed by atoms with Crippen LogP contribution in [-0.2, 0) is 4.79 Å². The zero-order chi connectivity index (χ0) is 13.4. The summed E-state index contributed by atoms with van der Waals surface area (Å²) >= 11 is 0. The standard InChI is InChI=1S/C13H26N2O2/c1-10(2)8-12(9-15(4)5)14-7-6-11(3)13(16)17/h6,10,12,14H,7-9H2,1-5H3,(H,16,17)/b11-6-. The lowest BCUT2D eigenvalue weighted by Gasteiger charge is -2.23. The van der Waals surface area contributed by atoms with Crippen molar-refractivity contribution in [3.05, 3.63) is 11.6 Å². The van der Waals surface area contributed by atoms with E-state index in [4.69, 9.17) is 5.11 Å². The van der Waals surface area contributed by atoms with Crippen molar-refractivity contribution in [1.29, 1.82) is 0 Å². The summed E-state index contributed by atoms with van der Waals surface area (Å²) in [7, 11) is 4.10. The van der Waals surface area contributed by atoms with E-state index in [0.29, 0.717) is 24.1 Å². The van der Waals surface area contributed by atoms with E-state index in [-0.39, 0.29) is 0 Å². The van der Waals surface area contributed by atoms with Gasteiger partial charge in [0.1, 0.15) is 0 Å². The normalized spacial score (nSPS) is 14.4. The van der Waals surface area contributed by atoms with Crippen LogP contribution in [0.5, 0.6) is 0 Å². The molecule has 0 radical (unpaired) electrons. The topological polar surface area (TPSA) is 52.6 Å². The fourth-order valence-electron chi connectivity index (χ4n) is 1.70. The fourth-order valence-corrected chi connectivity index (χ4v) is 1.70. The van der Waals surface area contributed by atoms with Crippen LogP contribution in [0, 0.1) is 5.92 Å². The van der Waals surface area contributed by atoms with Gasteiger partial charge in [-0.3, -0.25) is 0 Å². The zero-order valence-corrected chi connectivity index (χ0v) is 11.7. The van der Waals surface area contributed by atoms with Crippen LogP contribution in [0.1, 0.15) is 27.2 Å². The highest BCUT2D eigenvalue weighted by Gasteiger charge is 2.10. The van der Waals surface area contributed by atoms with Gasteiger partial charge < -0.3 is 15.3 Å². The number of nitrogens with zero attached hydrogens (tertiary/aromatic N) is 1. The molecule has 0 heterocycles. The Labute approximate surface area is 105 Å². The molecule has 0 bridgehead atoms. The van der Waals surface area contributed by atoms with E-state index in [1.54, 1.807) is 13.0 Å². The Kier molecular flexibility index (Phi) is 7.83. The second-order valence-corrected chi connectivity index (χ2v) is 5.19. The van der Waals surface area contributed by atoms with Crippen LogP contribution >= 0.6 is 0 Å². The van der Waals surface area contributed by atoms with Gasteiger partial charge in [-0.15, -0.1) is 0 Å². The van der Waals surface area contributed by atoms with Gasteiger partial charge in [-0.2, -0.15) is 0 Å². The van der Waals surface area contributed by atoms with Crippen LogP contribution in [-0.4, -0.2) is 49.2 Å². The van der Waals surface area contributed by atoms with E-state index in [1.807, 2.05) is 14.1 Å². The lowest BCUT2D eigenvalue weighted by atomic mass is 10.0. The number of likely N-dealkylation sites (N-methyl/N-ethyl adjacent to an activating group) is 1. The van der Waals surface area contributed by atoms with Crippen molar-refractivity contribution in [2.45, 2.75) is 33.2 Å². The molecular formula is C13H26N2O2. The molecule has 2 N–H and O–H groups in total. The van der Waals surface area contributed by atoms with E-state index in [9.17, 15) is 4.79 Å². The summed E-state index contributed by atoms with van der Waals surface area (Å²) in [6.07, 6.45) is 2.82. The quantitative estimate of drug-likeness (QED) is 0.635. The van der Waals surface area contributed by atoms with Gasteiger partial charge in [-0.05, 0) is 33.4 Å². The van der Waals surface area contributed by atoms with E-state index >= 15 is 0 Å². The van der Waals surface area contributed by atoms with Gasteiger partial charge in [0.25, 0.3) is 0 Å². The second kappa shape index (κ2) is 8.25. The number of nitrogens with one attached hydrogen (secondary N) is 1. The van der Waals surface area contributed by atoms with E-state index in [0.717, 1.165) is 13.0 Å². The number of carboxylic acids is 1. The molecule has 0 amide bonds. The monoisotopic (exact) mass is 242 g/mol. The first-order chi connectivity index (χ1) is 7.82. The maximum atomic E-state index is 10.6. The Morgan fingerprint density at radius 3 is 2.41 bits per heavy atom. The highest BCUT2D eigenvalue weighted by molar-refractivity contribution is 5.85. The first kappa shape index (κ1) is 16.1. The highest BCUT2D eigenvalue weighted by atomic mass is 16.4. The van der Waals surface area contributed by atoms with Gasteiger partial charge in [0.05, 0.1) is 0 Å². The molecule has 17 heavy (non-hydrogen) atoms. The number of aliphatic carboxylic acids is 1. The lowest BCUT2D eigenvalue weighted by molar-refractivity contribution is -0.132. The van der Waals surface area contributed by atoms with Crippen molar-refractivity contribution in [3.63, 3.8) is 0 Å². The molecule has 1 atom stereocenters. The molecule has 100 valence electrons. The van der Waals surface area contributed by atoms with Crippen molar-refractivity contribution in [1.82, 2.24) is 10.2 Å². The van der Waals surface area contributed by atoms with E-state index in [2.05, 4.69) is 24.1 Å². The van der Waals surface area contributed by atoms with Gasteiger partial charge in [0, 0.05) is 24.7 Å². The molecule has 1 unspecified atom stereocenters. The van der Waals surface area contributed by atoms with Crippen LogP contribution in [0.4, 0.5) is 0 Å². The molecule has 4 nitrogen and oxygen atoms in total. The Balaban J connectivity index is 4.16. The van der Waals surface area contributed by atoms with E-state index in [1.165, 1.54) is 0 Å². The molecule has 0 fully saturated rings. The van der Waals surface area contributed by atoms with Gasteiger partial charge >= 0.3 is 5.97 Å². The first-order valence-electron chi connectivity index (χ1n) is 6.11. The smallest absolute Gasteiger partial charge is 0.330 e. The summed E-state index contributed by atoms with van der Waals surface area (Å²) in [5.41, 5.74) is 0.394. The fraction of sp³-hybridized carbons (Fsp3) is 0.769. The summed E-state index contributed by atoms with van der Waals surface area (Å²) in [6, 6.07) is 0.405. The molecule has 0 aromatic rings. The molecule has 0 aliphatic carbocycles. The van der Waals surface area contributed by atoms with Crippen LogP contribution < -0.4 is 5.32 Å². The molecule has 0 saturated carbocycles. The third kappa shape index (κ3) is 8.89. The molecule has 0 aromatic carbocycles. The van der Waals surface area contributed by atoms with Crippen molar-refractivity contribution in [2.24, 2.45) is 5.92 Å². The Bertz CT molecular complexity index is 250. The summed E-state index contributed by atoms with van der Waals surface area (Å²) in [4.78, 5) is 12.8.